The fourth-order valence-electron chi connectivity index (χ4n) is 2.63. The molecular weight excluding hydrogens is 274 g/mol. The van der Waals surface area contributed by atoms with Crippen molar-refractivity contribution in [3.05, 3.63) is 44.6 Å². The number of rotatable bonds is 3. The number of hydrogen-bond donors (Lipinski definition) is 2. The highest BCUT2D eigenvalue weighted by Crippen LogP contribution is 2.35. The van der Waals surface area contributed by atoms with Crippen molar-refractivity contribution in [1.29, 1.82) is 0 Å². The Balaban J connectivity index is 2.81. The van der Waals surface area contributed by atoms with Crippen molar-refractivity contribution in [3.63, 3.8) is 0 Å². The third kappa shape index (κ3) is 2.20. The van der Waals surface area contributed by atoms with E-state index in [0.717, 1.165) is 11.1 Å². The predicted molar refractivity (Wildman–Crippen MR) is 79.4 cm³/mol. The highest BCUT2D eigenvalue weighted by molar-refractivity contribution is 7.12. The van der Waals surface area contributed by atoms with Crippen molar-refractivity contribution in [3.8, 4) is 11.1 Å². The van der Waals surface area contributed by atoms with Crippen LogP contribution in [0.4, 0.5) is 0 Å². The Labute approximate surface area is 120 Å². The summed E-state index contributed by atoms with van der Waals surface area (Å²) in [7, 11) is 0. The van der Waals surface area contributed by atoms with Gasteiger partial charge in [-0.1, -0.05) is 6.07 Å². The molecule has 0 aliphatic rings. The average Bonchev–Trinajstić information content (AvgIpc) is 2.76. The van der Waals surface area contributed by atoms with E-state index in [4.69, 9.17) is 5.73 Å². The molecule has 1 heterocycles. The highest BCUT2D eigenvalue weighted by atomic mass is 32.1. The van der Waals surface area contributed by atoms with E-state index in [9.17, 15) is 14.7 Å². The minimum atomic E-state index is -0.961. The Hall–Kier alpha value is -2.14. The van der Waals surface area contributed by atoms with E-state index in [1.54, 1.807) is 25.3 Å². The molecule has 4 nitrogen and oxygen atoms in total. The molecule has 0 aliphatic heterocycles. The van der Waals surface area contributed by atoms with Gasteiger partial charge in [0, 0.05) is 5.56 Å². The lowest BCUT2D eigenvalue weighted by Gasteiger charge is -2.15. The van der Waals surface area contributed by atoms with E-state index >= 15 is 0 Å². The van der Waals surface area contributed by atoms with Crippen LogP contribution >= 0.6 is 11.3 Å². The van der Waals surface area contributed by atoms with E-state index < -0.39 is 11.9 Å². The molecule has 1 aromatic carbocycles. The summed E-state index contributed by atoms with van der Waals surface area (Å²) in [6.45, 7) is 5.44. The molecular formula is C15H15NO3S. The van der Waals surface area contributed by atoms with Crippen LogP contribution in [0.5, 0.6) is 0 Å². The number of amides is 1. The molecule has 0 fully saturated rings. The minimum absolute atomic E-state index is 0.284. The average molecular weight is 289 g/mol. The van der Waals surface area contributed by atoms with Crippen molar-refractivity contribution in [2.45, 2.75) is 20.8 Å². The predicted octanol–water partition coefficient (Wildman–Crippen LogP) is 3.14. The van der Waals surface area contributed by atoms with Gasteiger partial charge in [0.15, 0.2) is 0 Å². The summed E-state index contributed by atoms with van der Waals surface area (Å²) in [5, 5.41) is 11.1. The first-order chi connectivity index (χ1) is 9.34. The monoisotopic (exact) mass is 289 g/mol. The standard InChI is InChI=1S/C15H15NO3S/c1-7-6-8(2)12(15(18)19)9(3)11(7)10-4-5-20-13(10)14(16)17/h4-6H,1-3H3,(H2,16,17)(H,18,19). The first-order valence-corrected chi connectivity index (χ1v) is 6.94. The third-order valence-electron chi connectivity index (χ3n) is 3.34. The summed E-state index contributed by atoms with van der Waals surface area (Å²) in [4.78, 5) is 23.3. The van der Waals surface area contributed by atoms with Crippen LogP contribution in [0.1, 0.15) is 36.7 Å². The fourth-order valence-corrected chi connectivity index (χ4v) is 3.38. The maximum atomic E-state index is 11.5. The number of hydrogen-bond acceptors (Lipinski definition) is 3. The van der Waals surface area contributed by atoms with Crippen LogP contribution < -0.4 is 5.73 Å². The molecule has 1 aromatic heterocycles. The maximum absolute atomic E-state index is 11.5. The van der Waals surface area contributed by atoms with Gasteiger partial charge in [-0.05, 0) is 54.5 Å². The number of carboxylic acid groups (broad SMARTS) is 1. The number of primary amides is 1. The van der Waals surface area contributed by atoms with Crippen molar-refractivity contribution in [2.75, 3.05) is 0 Å². The second kappa shape index (κ2) is 5.09. The molecule has 5 heteroatoms. The Morgan fingerprint density at radius 3 is 2.40 bits per heavy atom. The molecule has 0 spiro atoms. The van der Waals surface area contributed by atoms with Gasteiger partial charge in [0.25, 0.3) is 5.91 Å². The summed E-state index contributed by atoms with van der Waals surface area (Å²) in [5.41, 5.74) is 9.47. The lowest BCUT2D eigenvalue weighted by atomic mass is 9.89. The van der Waals surface area contributed by atoms with Crippen LogP contribution in [0, 0.1) is 20.8 Å². The molecule has 0 unspecified atom stereocenters. The van der Waals surface area contributed by atoms with E-state index in [1.807, 2.05) is 13.0 Å². The quantitative estimate of drug-likeness (QED) is 0.910. The molecule has 3 N–H and O–H groups in total. The number of thiophene rings is 1. The lowest BCUT2D eigenvalue weighted by molar-refractivity contribution is 0.0695. The van der Waals surface area contributed by atoms with Crippen molar-refractivity contribution < 1.29 is 14.7 Å². The van der Waals surface area contributed by atoms with Crippen LogP contribution in [-0.2, 0) is 0 Å². The van der Waals surface area contributed by atoms with E-state index in [-0.39, 0.29) is 5.56 Å². The SMILES string of the molecule is Cc1cc(C)c(-c2ccsc2C(N)=O)c(C)c1C(=O)O. The molecule has 0 radical (unpaired) electrons. The third-order valence-corrected chi connectivity index (χ3v) is 4.27. The second-order valence-corrected chi connectivity index (χ2v) is 5.63. The van der Waals surface area contributed by atoms with Gasteiger partial charge in [-0.15, -0.1) is 11.3 Å². The number of benzene rings is 1. The molecule has 2 aromatic rings. The van der Waals surface area contributed by atoms with Crippen LogP contribution in [0.15, 0.2) is 17.5 Å². The zero-order valence-electron chi connectivity index (χ0n) is 11.5. The number of aromatic carboxylic acids is 1. The van der Waals surface area contributed by atoms with Crippen LogP contribution in [0.25, 0.3) is 11.1 Å². The largest absolute Gasteiger partial charge is 0.478 e. The number of carboxylic acids is 1. The first kappa shape index (κ1) is 14.3. The summed E-state index contributed by atoms with van der Waals surface area (Å²) in [6.07, 6.45) is 0. The number of aryl methyl sites for hydroxylation is 2. The number of carbonyl (C=O) groups excluding carboxylic acids is 1. The van der Waals surface area contributed by atoms with Crippen molar-refractivity contribution >= 4 is 23.2 Å². The highest BCUT2D eigenvalue weighted by Gasteiger charge is 2.21. The van der Waals surface area contributed by atoms with Crippen molar-refractivity contribution in [2.24, 2.45) is 5.73 Å². The van der Waals surface area contributed by atoms with Crippen molar-refractivity contribution in [1.82, 2.24) is 0 Å². The fraction of sp³-hybridized carbons (Fsp3) is 0.200. The van der Waals surface area contributed by atoms with Gasteiger partial charge in [-0.2, -0.15) is 0 Å². The zero-order valence-corrected chi connectivity index (χ0v) is 12.3. The number of nitrogens with two attached hydrogens (primary N) is 1. The van der Waals surface area contributed by atoms with Gasteiger partial charge in [0.2, 0.25) is 0 Å². The summed E-state index contributed by atoms with van der Waals surface area (Å²) < 4.78 is 0. The molecule has 0 saturated heterocycles. The first-order valence-electron chi connectivity index (χ1n) is 6.06. The topological polar surface area (TPSA) is 80.4 Å². The van der Waals surface area contributed by atoms with E-state index in [1.165, 1.54) is 11.3 Å². The van der Waals surface area contributed by atoms with Crippen LogP contribution in [-0.4, -0.2) is 17.0 Å². The van der Waals surface area contributed by atoms with Gasteiger partial charge in [0.1, 0.15) is 0 Å². The normalized spacial score (nSPS) is 10.6. The zero-order chi connectivity index (χ0) is 15.0. The van der Waals surface area contributed by atoms with E-state index in [0.29, 0.717) is 21.6 Å². The second-order valence-electron chi connectivity index (χ2n) is 4.72. The molecule has 1 amide bonds. The molecule has 0 bridgehead atoms. The summed E-state index contributed by atoms with van der Waals surface area (Å²) in [6, 6.07) is 3.63. The summed E-state index contributed by atoms with van der Waals surface area (Å²) >= 11 is 1.27. The minimum Gasteiger partial charge on any atom is -0.478 e. The number of carbonyl (C=O) groups is 2. The van der Waals surface area contributed by atoms with Gasteiger partial charge in [-0.3, -0.25) is 4.79 Å². The van der Waals surface area contributed by atoms with Gasteiger partial charge in [-0.25, -0.2) is 4.79 Å². The maximum Gasteiger partial charge on any atom is 0.336 e. The van der Waals surface area contributed by atoms with Gasteiger partial charge >= 0.3 is 5.97 Å². The Morgan fingerprint density at radius 1 is 1.20 bits per heavy atom. The molecule has 104 valence electrons. The lowest BCUT2D eigenvalue weighted by Crippen LogP contribution is -2.11. The Kier molecular flexibility index (Phi) is 3.63. The van der Waals surface area contributed by atoms with E-state index in [2.05, 4.69) is 0 Å². The summed E-state index contributed by atoms with van der Waals surface area (Å²) in [5.74, 6) is -1.46. The molecule has 2 rings (SSSR count). The molecule has 20 heavy (non-hydrogen) atoms. The molecule has 0 aliphatic carbocycles. The Morgan fingerprint density at radius 2 is 1.85 bits per heavy atom. The molecule has 0 atom stereocenters. The van der Waals surface area contributed by atoms with Gasteiger partial charge < -0.3 is 10.8 Å². The molecule has 0 saturated carbocycles. The Bertz CT molecular complexity index is 716. The van der Waals surface area contributed by atoms with Gasteiger partial charge in [0.05, 0.1) is 10.4 Å². The smallest absolute Gasteiger partial charge is 0.336 e. The van der Waals surface area contributed by atoms with Crippen LogP contribution in [0.2, 0.25) is 0 Å². The van der Waals surface area contributed by atoms with Crippen LogP contribution in [0.3, 0.4) is 0 Å².